The van der Waals surface area contributed by atoms with Crippen LogP contribution in [0.2, 0.25) is 0 Å². The van der Waals surface area contributed by atoms with E-state index in [2.05, 4.69) is 10.1 Å². The Labute approximate surface area is 183 Å². The van der Waals surface area contributed by atoms with E-state index in [9.17, 15) is 26.4 Å². The molecule has 1 N–H and O–H groups in total. The van der Waals surface area contributed by atoms with Crippen LogP contribution in [0.4, 0.5) is 24.5 Å². The first-order valence-electron chi connectivity index (χ1n) is 9.35. The number of carbonyl (C=O) groups excluding carboxylic acids is 1. The van der Waals surface area contributed by atoms with Gasteiger partial charge in [-0.05, 0) is 55.5 Å². The van der Waals surface area contributed by atoms with Crippen LogP contribution in [0.25, 0.3) is 0 Å². The average molecular weight is 464 g/mol. The number of nitrogens with one attached hydrogen (secondary N) is 1. The van der Waals surface area contributed by atoms with Gasteiger partial charge in [0.2, 0.25) is 5.91 Å². The number of anilines is 2. The summed E-state index contributed by atoms with van der Waals surface area (Å²) in [6.45, 7) is 1.31. The second-order valence-corrected chi connectivity index (χ2v) is 8.64. The monoisotopic (exact) mass is 464 g/mol. The zero-order chi connectivity index (χ0) is 23.4. The molecule has 0 atom stereocenters. The normalized spacial score (nSPS) is 11.6. The summed E-state index contributed by atoms with van der Waals surface area (Å²) in [7, 11) is -4.05. The highest BCUT2D eigenvalue weighted by Crippen LogP contribution is 2.26. The Morgan fingerprint density at radius 2 is 1.53 bits per heavy atom. The van der Waals surface area contributed by atoms with E-state index >= 15 is 0 Å². The number of halogens is 3. The van der Waals surface area contributed by atoms with Gasteiger partial charge < -0.3 is 10.1 Å². The lowest BCUT2D eigenvalue weighted by Crippen LogP contribution is -2.38. The Hall–Kier alpha value is -3.53. The van der Waals surface area contributed by atoms with Crippen molar-refractivity contribution in [1.29, 1.82) is 0 Å². The molecule has 0 spiro atoms. The van der Waals surface area contributed by atoms with Crippen molar-refractivity contribution in [2.24, 2.45) is 0 Å². The number of nitrogens with zero attached hydrogens (tertiary/aromatic N) is 1. The van der Waals surface area contributed by atoms with Crippen LogP contribution >= 0.6 is 0 Å². The SMILES string of the molecule is Cc1ccc(N(CC(=O)Nc2ccc(OC(F)(F)F)cc2)S(=O)(=O)c2ccccc2)cc1. The Morgan fingerprint density at radius 1 is 0.938 bits per heavy atom. The highest BCUT2D eigenvalue weighted by molar-refractivity contribution is 7.92. The zero-order valence-corrected chi connectivity index (χ0v) is 17.7. The van der Waals surface area contributed by atoms with Gasteiger partial charge in [-0.25, -0.2) is 8.42 Å². The van der Waals surface area contributed by atoms with Crippen molar-refractivity contribution in [2.75, 3.05) is 16.2 Å². The van der Waals surface area contributed by atoms with Crippen LogP contribution in [0.1, 0.15) is 5.56 Å². The zero-order valence-electron chi connectivity index (χ0n) is 16.8. The molecule has 0 fully saturated rings. The summed E-state index contributed by atoms with van der Waals surface area (Å²) < 4.78 is 68.0. The molecule has 0 aliphatic heterocycles. The van der Waals surface area contributed by atoms with Gasteiger partial charge in [0, 0.05) is 5.69 Å². The molecule has 3 rings (SSSR count). The standard InChI is InChI=1S/C22H19F3N2O4S/c1-16-7-11-18(12-8-16)27(32(29,30)20-5-3-2-4-6-20)15-21(28)26-17-9-13-19(14-10-17)31-22(23,24)25/h2-14H,15H2,1H3,(H,26,28). The first kappa shape index (κ1) is 23.1. The molecule has 0 unspecified atom stereocenters. The minimum atomic E-state index is -4.83. The van der Waals surface area contributed by atoms with E-state index in [1.165, 1.54) is 24.3 Å². The summed E-state index contributed by atoms with van der Waals surface area (Å²) in [5, 5.41) is 2.49. The van der Waals surface area contributed by atoms with Gasteiger partial charge in [0.15, 0.2) is 0 Å². The third-order valence-corrected chi connectivity index (χ3v) is 6.10. The third-order valence-electron chi connectivity index (χ3n) is 4.31. The molecule has 168 valence electrons. The van der Waals surface area contributed by atoms with Crippen molar-refractivity contribution in [3.05, 3.63) is 84.4 Å². The molecule has 32 heavy (non-hydrogen) atoms. The molecular weight excluding hydrogens is 445 g/mol. The number of carbonyl (C=O) groups is 1. The third kappa shape index (κ3) is 6.01. The molecule has 3 aromatic carbocycles. The molecule has 0 heterocycles. The molecule has 0 bridgehead atoms. The number of amides is 1. The van der Waals surface area contributed by atoms with E-state index in [4.69, 9.17) is 0 Å². The fraction of sp³-hybridized carbons (Fsp3) is 0.136. The highest BCUT2D eigenvalue weighted by atomic mass is 32.2. The van der Waals surface area contributed by atoms with E-state index in [0.717, 1.165) is 22.0 Å². The maximum absolute atomic E-state index is 13.2. The number of aryl methyl sites for hydroxylation is 1. The Balaban J connectivity index is 1.82. The van der Waals surface area contributed by atoms with Crippen LogP contribution in [0.3, 0.4) is 0 Å². The Kier molecular flexibility index (Phi) is 6.73. The summed E-state index contributed by atoms with van der Waals surface area (Å²) in [6.07, 6.45) is -4.83. The van der Waals surface area contributed by atoms with Gasteiger partial charge in [-0.2, -0.15) is 0 Å². The summed E-state index contributed by atoms with van der Waals surface area (Å²) in [5.74, 6) is -1.11. The maximum atomic E-state index is 13.2. The van der Waals surface area contributed by atoms with Crippen molar-refractivity contribution in [2.45, 2.75) is 18.2 Å². The lowest BCUT2D eigenvalue weighted by molar-refractivity contribution is -0.274. The van der Waals surface area contributed by atoms with Crippen LogP contribution in [-0.4, -0.2) is 27.2 Å². The van der Waals surface area contributed by atoms with Crippen LogP contribution < -0.4 is 14.4 Å². The van der Waals surface area contributed by atoms with Crippen molar-refractivity contribution in [1.82, 2.24) is 0 Å². The quantitative estimate of drug-likeness (QED) is 0.549. The molecule has 6 nitrogen and oxygen atoms in total. The van der Waals surface area contributed by atoms with E-state index in [1.807, 2.05) is 6.92 Å². The topological polar surface area (TPSA) is 75.7 Å². The largest absolute Gasteiger partial charge is 0.573 e. The second kappa shape index (κ2) is 9.31. The number of ether oxygens (including phenoxy) is 1. The number of rotatable bonds is 7. The van der Waals surface area contributed by atoms with Crippen LogP contribution in [-0.2, 0) is 14.8 Å². The minimum Gasteiger partial charge on any atom is -0.406 e. The molecular formula is C22H19F3N2O4S. The van der Waals surface area contributed by atoms with Gasteiger partial charge in [0.1, 0.15) is 12.3 Å². The smallest absolute Gasteiger partial charge is 0.406 e. The van der Waals surface area contributed by atoms with E-state index in [0.29, 0.717) is 5.69 Å². The summed E-state index contributed by atoms with van der Waals surface area (Å²) in [6, 6.07) is 18.8. The lowest BCUT2D eigenvalue weighted by atomic mass is 10.2. The Bertz CT molecular complexity index is 1160. The lowest BCUT2D eigenvalue weighted by Gasteiger charge is -2.24. The molecule has 0 aliphatic carbocycles. The number of sulfonamides is 1. The predicted octanol–water partition coefficient (Wildman–Crippen LogP) is 4.73. The maximum Gasteiger partial charge on any atom is 0.573 e. The summed E-state index contributed by atoms with van der Waals surface area (Å²) in [5.41, 5.74) is 1.39. The fourth-order valence-corrected chi connectivity index (χ4v) is 4.26. The van der Waals surface area contributed by atoms with Crippen LogP contribution in [0, 0.1) is 6.92 Å². The van der Waals surface area contributed by atoms with Crippen LogP contribution in [0.15, 0.2) is 83.8 Å². The number of benzene rings is 3. The second-order valence-electron chi connectivity index (χ2n) is 6.78. The molecule has 0 aromatic heterocycles. The highest BCUT2D eigenvalue weighted by Gasteiger charge is 2.31. The molecule has 0 radical (unpaired) electrons. The van der Waals surface area contributed by atoms with Gasteiger partial charge in [0.05, 0.1) is 10.6 Å². The first-order valence-corrected chi connectivity index (χ1v) is 10.8. The molecule has 0 saturated carbocycles. The predicted molar refractivity (Wildman–Crippen MR) is 114 cm³/mol. The van der Waals surface area contributed by atoms with Gasteiger partial charge in [-0.3, -0.25) is 9.10 Å². The number of hydrogen-bond acceptors (Lipinski definition) is 4. The molecule has 0 aliphatic rings. The minimum absolute atomic E-state index is 0.0158. The number of alkyl halides is 3. The first-order chi connectivity index (χ1) is 15.0. The average Bonchev–Trinajstić information content (AvgIpc) is 2.74. The van der Waals surface area contributed by atoms with Gasteiger partial charge in [-0.1, -0.05) is 35.9 Å². The summed E-state index contributed by atoms with van der Waals surface area (Å²) >= 11 is 0. The van der Waals surface area contributed by atoms with E-state index < -0.39 is 34.6 Å². The van der Waals surface area contributed by atoms with Crippen molar-refractivity contribution < 1.29 is 31.1 Å². The van der Waals surface area contributed by atoms with Gasteiger partial charge in [-0.15, -0.1) is 13.2 Å². The van der Waals surface area contributed by atoms with Crippen molar-refractivity contribution in [3.63, 3.8) is 0 Å². The van der Waals surface area contributed by atoms with Crippen molar-refractivity contribution >= 4 is 27.3 Å². The van der Waals surface area contributed by atoms with E-state index in [-0.39, 0.29) is 10.6 Å². The molecule has 1 amide bonds. The van der Waals surface area contributed by atoms with Crippen LogP contribution in [0.5, 0.6) is 5.75 Å². The molecule has 10 heteroatoms. The van der Waals surface area contributed by atoms with E-state index in [1.54, 1.807) is 42.5 Å². The van der Waals surface area contributed by atoms with Crippen molar-refractivity contribution in [3.8, 4) is 5.75 Å². The molecule has 0 saturated heterocycles. The molecule has 3 aromatic rings. The number of hydrogen-bond donors (Lipinski definition) is 1. The summed E-state index contributed by atoms with van der Waals surface area (Å²) in [4.78, 5) is 12.6. The fourth-order valence-electron chi connectivity index (χ4n) is 2.82. The van der Waals surface area contributed by atoms with Gasteiger partial charge >= 0.3 is 6.36 Å². The Morgan fingerprint density at radius 3 is 2.09 bits per heavy atom. The van der Waals surface area contributed by atoms with Gasteiger partial charge in [0.25, 0.3) is 10.0 Å².